The Morgan fingerprint density at radius 3 is 2.20 bits per heavy atom. The molecule has 1 N–H and O–H groups in total. The summed E-state index contributed by atoms with van der Waals surface area (Å²) in [4.78, 5) is 12.3. The van der Waals surface area contributed by atoms with E-state index in [1.807, 2.05) is 6.92 Å². The lowest BCUT2D eigenvalue weighted by molar-refractivity contribution is -0.121. The first-order chi connectivity index (χ1) is 11.7. The largest absolute Gasteiger partial charge is 0.350 e. The molecule has 0 unspecified atom stereocenters. The van der Waals surface area contributed by atoms with Crippen LogP contribution in [0.3, 0.4) is 0 Å². The quantitative estimate of drug-likeness (QED) is 0.776. The summed E-state index contributed by atoms with van der Waals surface area (Å²) in [7, 11) is 0. The van der Waals surface area contributed by atoms with E-state index >= 15 is 0 Å². The van der Waals surface area contributed by atoms with Crippen LogP contribution in [-0.2, 0) is 16.6 Å². The van der Waals surface area contributed by atoms with Crippen LogP contribution in [0.2, 0.25) is 0 Å². The third-order valence-electron chi connectivity index (χ3n) is 4.87. The van der Waals surface area contributed by atoms with Gasteiger partial charge in [0, 0.05) is 6.42 Å². The molecule has 25 heavy (non-hydrogen) atoms. The molecule has 1 atom stereocenters. The third-order valence-corrected chi connectivity index (χ3v) is 4.87. The number of aryl methyl sites for hydroxylation is 3. The number of rotatable bonds is 5. The number of hydrogen-bond acceptors (Lipinski definition) is 1. The van der Waals surface area contributed by atoms with E-state index in [1.54, 1.807) is 0 Å². The second-order valence-electron chi connectivity index (χ2n) is 8.08. The van der Waals surface area contributed by atoms with Gasteiger partial charge in [0.25, 0.3) is 0 Å². The molecule has 0 radical (unpaired) electrons. The van der Waals surface area contributed by atoms with Crippen molar-refractivity contribution in [1.29, 1.82) is 0 Å². The third kappa shape index (κ3) is 5.45. The van der Waals surface area contributed by atoms with Crippen molar-refractivity contribution < 1.29 is 4.79 Å². The fourth-order valence-electron chi connectivity index (χ4n) is 2.86. The van der Waals surface area contributed by atoms with E-state index in [0.717, 1.165) is 12.0 Å². The average molecular weight is 338 g/mol. The zero-order chi connectivity index (χ0) is 18.6. The van der Waals surface area contributed by atoms with Crippen LogP contribution < -0.4 is 5.32 Å². The van der Waals surface area contributed by atoms with Crippen LogP contribution >= 0.6 is 0 Å². The van der Waals surface area contributed by atoms with Crippen LogP contribution in [0.1, 0.15) is 68.0 Å². The van der Waals surface area contributed by atoms with E-state index in [4.69, 9.17) is 0 Å². The lowest BCUT2D eigenvalue weighted by atomic mass is 9.86. The maximum atomic E-state index is 12.3. The van der Waals surface area contributed by atoms with Crippen LogP contribution in [0.25, 0.3) is 0 Å². The maximum Gasteiger partial charge on any atom is 0.220 e. The van der Waals surface area contributed by atoms with Crippen LogP contribution in [0.15, 0.2) is 42.5 Å². The van der Waals surface area contributed by atoms with E-state index in [0.29, 0.717) is 6.42 Å². The lowest BCUT2D eigenvalue weighted by Gasteiger charge is -2.19. The topological polar surface area (TPSA) is 29.1 Å². The number of hydrogen-bond donors (Lipinski definition) is 1. The zero-order valence-electron chi connectivity index (χ0n) is 16.4. The standard InChI is InChI=1S/C23H31NO/c1-16-7-11-20(15-17(16)2)18(3)24-22(25)14-10-19-8-12-21(13-9-19)23(4,5)6/h7-9,11-13,15,18H,10,14H2,1-6H3,(H,24,25)/t18-/m0/s1. The van der Waals surface area contributed by atoms with Gasteiger partial charge in [-0.25, -0.2) is 0 Å². The molecule has 2 nitrogen and oxygen atoms in total. The van der Waals surface area contributed by atoms with Gasteiger partial charge in [0.05, 0.1) is 6.04 Å². The van der Waals surface area contributed by atoms with Crippen molar-refractivity contribution in [3.05, 3.63) is 70.3 Å². The van der Waals surface area contributed by atoms with Crippen molar-refractivity contribution in [2.24, 2.45) is 0 Å². The van der Waals surface area contributed by atoms with Crippen molar-refractivity contribution in [1.82, 2.24) is 5.32 Å². The summed E-state index contributed by atoms with van der Waals surface area (Å²) in [6.07, 6.45) is 1.29. The normalized spacial score (nSPS) is 12.7. The molecule has 0 saturated carbocycles. The summed E-state index contributed by atoms with van der Waals surface area (Å²) in [5, 5.41) is 3.11. The zero-order valence-corrected chi connectivity index (χ0v) is 16.4. The van der Waals surface area contributed by atoms with Crippen LogP contribution in [0, 0.1) is 13.8 Å². The van der Waals surface area contributed by atoms with Crippen molar-refractivity contribution in [2.45, 2.75) is 65.8 Å². The molecule has 0 saturated heterocycles. The van der Waals surface area contributed by atoms with Gasteiger partial charge in [-0.1, -0.05) is 63.2 Å². The second-order valence-corrected chi connectivity index (χ2v) is 8.08. The molecular formula is C23H31NO. The minimum absolute atomic E-state index is 0.0371. The molecule has 0 spiro atoms. The first kappa shape index (κ1) is 19.2. The first-order valence-corrected chi connectivity index (χ1v) is 9.13. The van der Waals surface area contributed by atoms with Crippen LogP contribution in [-0.4, -0.2) is 5.91 Å². The van der Waals surface area contributed by atoms with Crippen molar-refractivity contribution >= 4 is 5.91 Å². The number of benzene rings is 2. The Labute approximate surface area is 152 Å². The average Bonchev–Trinajstić information content (AvgIpc) is 2.55. The molecule has 0 aliphatic rings. The van der Waals surface area contributed by atoms with E-state index < -0.39 is 0 Å². The first-order valence-electron chi connectivity index (χ1n) is 9.13. The number of amides is 1. The van der Waals surface area contributed by atoms with E-state index in [-0.39, 0.29) is 17.4 Å². The molecule has 0 aromatic heterocycles. The van der Waals surface area contributed by atoms with Gasteiger partial charge in [0.1, 0.15) is 0 Å². The van der Waals surface area contributed by atoms with E-state index in [1.165, 1.54) is 22.3 Å². The smallest absolute Gasteiger partial charge is 0.220 e. The second kappa shape index (κ2) is 7.86. The predicted octanol–water partition coefficient (Wildman–Crippen LogP) is 5.41. The molecular weight excluding hydrogens is 306 g/mol. The summed E-state index contributed by atoms with van der Waals surface area (Å²) >= 11 is 0. The number of carbonyl (C=O) groups is 1. The highest BCUT2D eigenvalue weighted by molar-refractivity contribution is 5.76. The van der Waals surface area contributed by atoms with E-state index in [2.05, 4.69) is 82.4 Å². The van der Waals surface area contributed by atoms with Gasteiger partial charge in [0.15, 0.2) is 0 Å². The Balaban J connectivity index is 1.88. The molecule has 0 bridgehead atoms. The van der Waals surface area contributed by atoms with Gasteiger partial charge in [-0.05, 0) is 60.4 Å². The van der Waals surface area contributed by atoms with Gasteiger partial charge in [-0.2, -0.15) is 0 Å². The molecule has 0 aliphatic heterocycles. The Hall–Kier alpha value is -2.09. The molecule has 1 amide bonds. The highest BCUT2D eigenvalue weighted by Gasteiger charge is 2.13. The molecule has 2 rings (SSSR count). The number of nitrogens with one attached hydrogen (secondary N) is 1. The van der Waals surface area contributed by atoms with Gasteiger partial charge in [-0.15, -0.1) is 0 Å². The molecule has 0 aliphatic carbocycles. The fraction of sp³-hybridized carbons (Fsp3) is 0.435. The Bertz CT molecular complexity index is 723. The minimum Gasteiger partial charge on any atom is -0.350 e. The molecule has 2 aromatic carbocycles. The molecule has 134 valence electrons. The Morgan fingerprint density at radius 1 is 1.00 bits per heavy atom. The Kier molecular flexibility index (Phi) is 6.05. The van der Waals surface area contributed by atoms with Crippen molar-refractivity contribution in [2.75, 3.05) is 0 Å². The summed E-state index contributed by atoms with van der Waals surface area (Å²) < 4.78 is 0. The van der Waals surface area contributed by atoms with Gasteiger partial charge < -0.3 is 5.32 Å². The van der Waals surface area contributed by atoms with Crippen LogP contribution in [0.5, 0.6) is 0 Å². The van der Waals surface area contributed by atoms with Gasteiger partial charge in [0.2, 0.25) is 5.91 Å². The maximum absolute atomic E-state index is 12.3. The summed E-state index contributed by atoms with van der Waals surface area (Å²) in [6, 6.07) is 15.0. The van der Waals surface area contributed by atoms with Gasteiger partial charge >= 0.3 is 0 Å². The van der Waals surface area contributed by atoms with Crippen LogP contribution in [0.4, 0.5) is 0 Å². The lowest BCUT2D eigenvalue weighted by Crippen LogP contribution is -2.26. The summed E-state index contributed by atoms with van der Waals surface area (Å²) in [5.74, 6) is 0.102. The molecule has 2 heteroatoms. The fourth-order valence-corrected chi connectivity index (χ4v) is 2.86. The van der Waals surface area contributed by atoms with Crippen molar-refractivity contribution in [3.63, 3.8) is 0 Å². The highest BCUT2D eigenvalue weighted by atomic mass is 16.1. The number of carbonyl (C=O) groups excluding carboxylic acids is 1. The monoisotopic (exact) mass is 337 g/mol. The summed E-state index contributed by atoms with van der Waals surface area (Å²) in [6.45, 7) is 12.9. The van der Waals surface area contributed by atoms with Gasteiger partial charge in [-0.3, -0.25) is 4.79 Å². The van der Waals surface area contributed by atoms with E-state index in [9.17, 15) is 4.79 Å². The molecule has 0 fully saturated rings. The van der Waals surface area contributed by atoms with Crippen molar-refractivity contribution in [3.8, 4) is 0 Å². The Morgan fingerprint density at radius 2 is 1.64 bits per heavy atom. The summed E-state index contributed by atoms with van der Waals surface area (Å²) in [5.41, 5.74) is 6.40. The minimum atomic E-state index is 0.0371. The highest BCUT2D eigenvalue weighted by Crippen LogP contribution is 2.22. The predicted molar refractivity (Wildman–Crippen MR) is 106 cm³/mol. The SMILES string of the molecule is Cc1ccc([C@H](C)NC(=O)CCc2ccc(C(C)(C)C)cc2)cc1C. The molecule has 0 heterocycles. The molecule has 2 aromatic rings.